The second-order valence-corrected chi connectivity index (χ2v) is 11.2. The molecule has 2 bridgehead atoms. The van der Waals surface area contributed by atoms with Gasteiger partial charge in [0.05, 0.1) is 25.6 Å². The number of hydrogen-bond acceptors (Lipinski definition) is 9. The van der Waals surface area contributed by atoms with E-state index in [2.05, 4.69) is 9.97 Å². The largest absolute Gasteiger partial charge is 0.468 e. The van der Waals surface area contributed by atoms with Crippen molar-refractivity contribution in [1.82, 2.24) is 25.1 Å². The zero-order valence-electron chi connectivity index (χ0n) is 22.6. The van der Waals surface area contributed by atoms with Gasteiger partial charge in [0.1, 0.15) is 11.4 Å². The van der Waals surface area contributed by atoms with Gasteiger partial charge in [0, 0.05) is 30.8 Å². The van der Waals surface area contributed by atoms with Crippen molar-refractivity contribution < 1.29 is 19.1 Å². The maximum Gasteiger partial charge on any atom is 0.329 e. The number of fused-ring (bicyclic) bond motifs is 11. The first-order valence-electron chi connectivity index (χ1n) is 13.8. The molecule has 3 aliphatic carbocycles. The van der Waals surface area contributed by atoms with Gasteiger partial charge in [-0.3, -0.25) is 14.9 Å². The molecule has 1 unspecified atom stereocenters. The predicted molar refractivity (Wildman–Crippen MR) is 147 cm³/mol. The Morgan fingerprint density at radius 2 is 1.24 bits per heavy atom. The molecule has 2 saturated carbocycles. The third kappa shape index (κ3) is 2.79. The summed E-state index contributed by atoms with van der Waals surface area (Å²) < 4.78 is 10.9. The number of carbonyl (C=O) groups excluding carboxylic acids is 2. The van der Waals surface area contributed by atoms with E-state index in [0.717, 1.165) is 45.9 Å². The number of rotatable bonds is 6. The van der Waals surface area contributed by atoms with E-state index in [1.54, 1.807) is 12.4 Å². The molecular formula is C32H27N5O4. The maximum atomic E-state index is 13.8. The molecule has 9 heteroatoms. The minimum absolute atomic E-state index is 0.0346. The Balaban J connectivity index is 1.34. The van der Waals surface area contributed by atoms with E-state index in [9.17, 15) is 9.59 Å². The average Bonchev–Trinajstić information content (AvgIpc) is 3.25. The number of hydrogen-bond donors (Lipinski definition) is 0. The number of methoxy groups -OCH3 is 2. The van der Waals surface area contributed by atoms with Crippen LogP contribution in [0.15, 0.2) is 79.1 Å². The van der Waals surface area contributed by atoms with Crippen molar-refractivity contribution in [3.8, 4) is 22.8 Å². The second-order valence-electron chi connectivity index (χ2n) is 11.2. The molecule has 7 atom stereocenters. The van der Waals surface area contributed by atoms with E-state index < -0.39 is 11.1 Å². The Kier molecular flexibility index (Phi) is 5.04. The van der Waals surface area contributed by atoms with Crippen LogP contribution in [-0.2, 0) is 25.6 Å². The summed E-state index contributed by atoms with van der Waals surface area (Å²) in [7, 11) is 2.80. The van der Waals surface area contributed by atoms with Crippen molar-refractivity contribution in [1.29, 1.82) is 0 Å². The number of esters is 2. The predicted octanol–water partition coefficient (Wildman–Crippen LogP) is 3.77. The van der Waals surface area contributed by atoms with Gasteiger partial charge in [0.15, 0.2) is 11.1 Å². The minimum Gasteiger partial charge on any atom is -0.468 e. The standard InChI is InChI=1S/C32H27N5O4/c1-40-29(38)31-25-19-16-20(26(25)32(31,30(39)41-2)37(31)17-18-10-4-3-5-11-18)24-23(19)27(21-12-6-8-14-33-21)35-36-28(24)22-13-7-9-15-34-22/h3-15,19-20,25-26H,16-17H2,1-2H3/t19-,20+,25-,26+,31-,32+,37?. The van der Waals surface area contributed by atoms with Crippen molar-refractivity contribution in [3.05, 3.63) is 95.8 Å². The molecule has 1 saturated heterocycles. The Bertz CT molecular complexity index is 1600. The molecule has 1 aliphatic heterocycles. The first-order chi connectivity index (χ1) is 20.1. The van der Waals surface area contributed by atoms with E-state index in [0.29, 0.717) is 6.54 Å². The molecule has 8 rings (SSSR count). The second kappa shape index (κ2) is 8.50. The van der Waals surface area contributed by atoms with E-state index >= 15 is 0 Å². The van der Waals surface area contributed by atoms with Crippen molar-refractivity contribution in [2.24, 2.45) is 11.8 Å². The molecule has 0 N–H and O–H groups in total. The Morgan fingerprint density at radius 1 is 0.756 bits per heavy atom. The lowest BCUT2D eigenvalue weighted by Crippen LogP contribution is -2.64. The third-order valence-electron chi connectivity index (χ3n) is 9.89. The number of benzene rings is 1. The molecule has 4 aliphatic rings. The van der Waals surface area contributed by atoms with Gasteiger partial charge in [-0.15, -0.1) is 10.2 Å². The van der Waals surface area contributed by atoms with Crippen LogP contribution < -0.4 is 0 Å². The summed E-state index contributed by atoms with van der Waals surface area (Å²) in [5, 5.41) is 9.41. The number of carbonyl (C=O) groups is 2. The molecule has 4 heterocycles. The molecule has 0 amide bonds. The van der Waals surface area contributed by atoms with Gasteiger partial charge >= 0.3 is 11.9 Å². The lowest BCUT2D eigenvalue weighted by Gasteiger charge is -2.48. The van der Waals surface area contributed by atoms with Gasteiger partial charge in [-0.25, -0.2) is 9.59 Å². The van der Waals surface area contributed by atoms with Gasteiger partial charge in [-0.05, 0) is 59.2 Å². The number of ether oxygens (including phenoxy) is 2. The van der Waals surface area contributed by atoms with Crippen LogP contribution >= 0.6 is 0 Å². The minimum atomic E-state index is -1.11. The van der Waals surface area contributed by atoms with Crippen LogP contribution in [0.1, 0.15) is 34.9 Å². The quantitative estimate of drug-likeness (QED) is 0.203. The zero-order valence-corrected chi connectivity index (χ0v) is 22.6. The fraction of sp³-hybridized carbons (Fsp3) is 0.312. The van der Waals surface area contributed by atoms with Crippen molar-refractivity contribution in [3.63, 3.8) is 0 Å². The molecule has 9 nitrogen and oxygen atoms in total. The van der Waals surface area contributed by atoms with Crippen LogP contribution in [0.25, 0.3) is 22.8 Å². The summed E-state index contributed by atoms with van der Waals surface area (Å²) in [5.74, 6) is -1.13. The molecule has 204 valence electrons. The number of pyridine rings is 2. The molecule has 0 spiro atoms. The van der Waals surface area contributed by atoms with Gasteiger partial charge in [0.25, 0.3) is 0 Å². The first-order valence-corrected chi connectivity index (χ1v) is 13.8. The summed E-state index contributed by atoms with van der Waals surface area (Å²) in [4.78, 5) is 38.9. The number of aromatic nitrogens is 4. The Hall–Kier alpha value is -4.50. The zero-order chi connectivity index (χ0) is 27.9. The molecule has 3 fully saturated rings. The summed E-state index contributed by atoms with van der Waals surface area (Å²) in [6.45, 7) is 0.435. The van der Waals surface area contributed by atoms with E-state index in [1.165, 1.54) is 14.2 Å². The maximum absolute atomic E-state index is 13.8. The Morgan fingerprint density at radius 3 is 1.68 bits per heavy atom. The highest BCUT2D eigenvalue weighted by Gasteiger charge is 3.01. The highest BCUT2D eigenvalue weighted by molar-refractivity contribution is 6.06. The summed E-state index contributed by atoms with van der Waals surface area (Å²) in [5.41, 5.74) is 3.81. The lowest BCUT2D eigenvalue weighted by atomic mass is 9.50. The molecule has 1 aromatic carbocycles. The lowest BCUT2D eigenvalue weighted by molar-refractivity contribution is -0.162. The Labute approximate surface area is 236 Å². The number of nitrogens with zero attached hydrogens (tertiary/aromatic N) is 5. The first kappa shape index (κ1) is 24.3. The van der Waals surface area contributed by atoms with Crippen molar-refractivity contribution >= 4 is 11.9 Å². The van der Waals surface area contributed by atoms with E-state index in [1.807, 2.05) is 71.6 Å². The summed E-state index contributed by atoms with van der Waals surface area (Å²) in [6.07, 6.45) is 4.28. The van der Waals surface area contributed by atoms with Crippen LogP contribution in [-0.4, -0.2) is 62.3 Å². The van der Waals surface area contributed by atoms with Crippen LogP contribution in [0.2, 0.25) is 0 Å². The molecule has 0 radical (unpaired) electrons. The van der Waals surface area contributed by atoms with Gasteiger partial charge < -0.3 is 9.47 Å². The van der Waals surface area contributed by atoms with Crippen LogP contribution in [0.4, 0.5) is 0 Å². The van der Waals surface area contributed by atoms with Crippen molar-refractivity contribution in [2.45, 2.75) is 35.9 Å². The molecular weight excluding hydrogens is 518 g/mol. The number of likely N-dealkylation sites (tertiary alicyclic amines) is 1. The van der Waals surface area contributed by atoms with Gasteiger partial charge in [-0.2, -0.15) is 0 Å². The smallest absolute Gasteiger partial charge is 0.329 e. The summed E-state index contributed by atoms with van der Waals surface area (Å²) in [6, 6.07) is 21.4. The molecule has 3 aromatic heterocycles. The highest BCUT2D eigenvalue weighted by atomic mass is 16.5. The normalized spacial score (nSPS) is 31.3. The highest BCUT2D eigenvalue weighted by Crippen LogP contribution is 2.85. The van der Waals surface area contributed by atoms with Crippen molar-refractivity contribution in [2.75, 3.05) is 14.2 Å². The van der Waals surface area contributed by atoms with Crippen LogP contribution in [0.5, 0.6) is 0 Å². The fourth-order valence-corrected chi connectivity index (χ4v) is 8.72. The van der Waals surface area contributed by atoms with Crippen LogP contribution in [0, 0.1) is 11.8 Å². The van der Waals surface area contributed by atoms with E-state index in [-0.39, 0.29) is 35.6 Å². The monoisotopic (exact) mass is 545 g/mol. The van der Waals surface area contributed by atoms with Crippen LogP contribution in [0.3, 0.4) is 0 Å². The van der Waals surface area contributed by atoms with E-state index in [4.69, 9.17) is 19.7 Å². The molecule has 4 aromatic rings. The van der Waals surface area contributed by atoms with Gasteiger partial charge in [0.2, 0.25) is 0 Å². The fourth-order valence-electron chi connectivity index (χ4n) is 8.72. The topological polar surface area (TPSA) is 107 Å². The SMILES string of the molecule is COC(=O)[C@@]12[C@@H]3[C@@H]([C@@H]4C[C@H]3c3c(-c5ccccn5)nnc(-c5ccccn5)c34)[C@]1(C(=O)OC)N2Cc1ccccc1. The third-order valence-corrected chi connectivity index (χ3v) is 9.89. The molecule has 41 heavy (non-hydrogen) atoms. The average molecular weight is 546 g/mol. The van der Waals surface area contributed by atoms with Gasteiger partial charge in [-0.1, -0.05) is 42.5 Å². The summed E-state index contributed by atoms with van der Waals surface area (Å²) >= 11 is 0.